The van der Waals surface area contributed by atoms with Gasteiger partial charge in [0.1, 0.15) is 0 Å². The lowest BCUT2D eigenvalue weighted by Crippen LogP contribution is -2.39. The van der Waals surface area contributed by atoms with Crippen molar-refractivity contribution >= 4 is 5.97 Å². The minimum absolute atomic E-state index is 0.0860. The van der Waals surface area contributed by atoms with Crippen molar-refractivity contribution in [2.75, 3.05) is 13.1 Å². The van der Waals surface area contributed by atoms with Crippen LogP contribution in [0.2, 0.25) is 0 Å². The maximum absolute atomic E-state index is 11.2. The van der Waals surface area contributed by atoms with Gasteiger partial charge in [0.15, 0.2) is 0 Å². The summed E-state index contributed by atoms with van der Waals surface area (Å²) >= 11 is 0. The smallest absolute Gasteiger partial charge is 0.304 e. The Kier molecular flexibility index (Phi) is 7.44. The van der Waals surface area contributed by atoms with Crippen molar-refractivity contribution in [3.8, 4) is 0 Å². The standard InChI is InChI=1S/C18H29NO2/c1-5-9-19(10-6-2)17(13-18(20)21)12-16-11-14(3)7-8-15(16)4/h7-8,11,17H,5-6,9-10,12-13H2,1-4H3,(H,20,21). The van der Waals surface area contributed by atoms with Gasteiger partial charge in [-0.15, -0.1) is 0 Å². The molecule has 0 heterocycles. The first-order chi connectivity index (χ1) is 9.97. The van der Waals surface area contributed by atoms with Gasteiger partial charge in [-0.25, -0.2) is 0 Å². The van der Waals surface area contributed by atoms with E-state index in [0.29, 0.717) is 0 Å². The SMILES string of the molecule is CCCN(CCC)C(CC(=O)O)Cc1cc(C)ccc1C. The first kappa shape index (κ1) is 17.7. The van der Waals surface area contributed by atoms with E-state index in [0.717, 1.165) is 32.4 Å². The molecule has 1 aromatic rings. The first-order valence-electron chi connectivity index (χ1n) is 7.99. The van der Waals surface area contributed by atoms with E-state index < -0.39 is 5.97 Å². The molecule has 3 heteroatoms. The van der Waals surface area contributed by atoms with Gasteiger partial charge in [0.05, 0.1) is 6.42 Å². The molecule has 0 aliphatic rings. The van der Waals surface area contributed by atoms with Crippen molar-refractivity contribution in [1.29, 1.82) is 0 Å². The van der Waals surface area contributed by atoms with Crippen LogP contribution in [0.15, 0.2) is 18.2 Å². The molecule has 0 aromatic heterocycles. The Morgan fingerprint density at radius 3 is 2.33 bits per heavy atom. The molecule has 0 aliphatic carbocycles. The molecule has 1 unspecified atom stereocenters. The summed E-state index contributed by atoms with van der Waals surface area (Å²) in [5, 5.41) is 9.24. The molecule has 1 atom stereocenters. The molecule has 0 saturated carbocycles. The van der Waals surface area contributed by atoms with Crippen LogP contribution in [0.5, 0.6) is 0 Å². The quantitative estimate of drug-likeness (QED) is 0.752. The number of aryl methyl sites for hydroxylation is 2. The normalized spacial score (nSPS) is 12.6. The minimum Gasteiger partial charge on any atom is -0.481 e. The molecule has 0 bridgehead atoms. The van der Waals surface area contributed by atoms with Gasteiger partial charge in [-0.05, 0) is 57.3 Å². The molecular weight excluding hydrogens is 262 g/mol. The van der Waals surface area contributed by atoms with Crippen LogP contribution in [-0.2, 0) is 11.2 Å². The Morgan fingerprint density at radius 2 is 1.81 bits per heavy atom. The molecule has 0 spiro atoms. The summed E-state index contributed by atoms with van der Waals surface area (Å²) in [7, 11) is 0. The summed E-state index contributed by atoms with van der Waals surface area (Å²) in [6.45, 7) is 10.4. The third kappa shape index (κ3) is 5.88. The monoisotopic (exact) mass is 291 g/mol. The highest BCUT2D eigenvalue weighted by Gasteiger charge is 2.21. The Hall–Kier alpha value is -1.35. The molecule has 3 nitrogen and oxygen atoms in total. The van der Waals surface area contributed by atoms with Crippen LogP contribution in [-0.4, -0.2) is 35.1 Å². The number of rotatable bonds is 9. The number of benzene rings is 1. The van der Waals surface area contributed by atoms with E-state index in [9.17, 15) is 9.90 Å². The van der Waals surface area contributed by atoms with Crippen molar-refractivity contribution in [2.24, 2.45) is 0 Å². The summed E-state index contributed by atoms with van der Waals surface area (Å²) in [5.74, 6) is -0.706. The van der Waals surface area contributed by atoms with E-state index in [-0.39, 0.29) is 12.5 Å². The molecule has 1 aromatic carbocycles. The Balaban J connectivity index is 2.94. The number of aliphatic carboxylic acids is 1. The van der Waals surface area contributed by atoms with E-state index in [1.54, 1.807) is 0 Å². The topological polar surface area (TPSA) is 40.5 Å². The summed E-state index contributed by atoms with van der Waals surface area (Å²) in [4.78, 5) is 13.6. The lowest BCUT2D eigenvalue weighted by molar-refractivity contribution is -0.138. The fourth-order valence-electron chi connectivity index (χ4n) is 2.86. The molecular formula is C18H29NO2. The Bertz CT molecular complexity index is 451. The van der Waals surface area contributed by atoms with E-state index >= 15 is 0 Å². The van der Waals surface area contributed by atoms with Crippen molar-refractivity contribution in [3.63, 3.8) is 0 Å². The van der Waals surface area contributed by atoms with E-state index in [4.69, 9.17) is 0 Å². The maximum atomic E-state index is 11.2. The van der Waals surface area contributed by atoms with Crippen LogP contribution in [0, 0.1) is 13.8 Å². The van der Waals surface area contributed by atoms with Crippen molar-refractivity contribution in [3.05, 3.63) is 34.9 Å². The minimum atomic E-state index is -0.706. The van der Waals surface area contributed by atoms with Gasteiger partial charge in [-0.1, -0.05) is 37.6 Å². The highest BCUT2D eigenvalue weighted by Crippen LogP contribution is 2.18. The number of carboxylic acid groups (broad SMARTS) is 1. The number of hydrogen-bond acceptors (Lipinski definition) is 2. The second-order valence-corrected chi connectivity index (χ2v) is 5.92. The average Bonchev–Trinajstić information content (AvgIpc) is 2.41. The number of hydrogen-bond donors (Lipinski definition) is 1. The molecule has 21 heavy (non-hydrogen) atoms. The predicted octanol–water partition coefficient (Wildman–Crippen LogP) is 3.81. The van der Waals surface area contributed by atoms with Gasteiger partial charge in [0, 0.05) is 6.04 Å². The summed E-state index contributed by atoms with van der Waals surface area (Å²) < 4.78 is 0. The zero-order valence-corrected chi connectivity index (χ0v) is 13.9. The van der Waals surface area contributed by atoms with E-state index in [2.05, 4.69) is 50.8 Å². The highest BCUT2D eigenvalue weighted by atomic mass is 16.4. The largest absolute Gasteiger partial charge is 0.481 e. The second-order valence-electron chi connectivity index (χ2n) is 5.92. The zero-order chi connectivity index (χ0) is 15.8. The highest BCUT2D eigenvalue weighted by molar-refractivity contribution is 5.67. The van der Waals surface area contributed by atoms with Gasteiger partial charge in [0.2, 0.25) is 0 Å². The fourth-order valence-corrected chi connectivity index (χ4v) is 2.86. The van der Waals surface area contributed by atoms with Gasteiger partial charge < -0.3 is 5.11 Å². The summed E-state index contributed by atoms with van der Waals surface area (Å²) in [5.41, 5.74) is 3.77. The van der Waals surface area contributed by atoms with Crippen molar-refractivity contribution in [2.45, 2.75) is 59.4 Å². The summed E-state index contributed by atoms with van der Waals surface area (Å²) in [6, 6.07) is 6.52. The van der Waals surface area contributed by atoms with Crippen LogP contribution in [0.1, 0.15) is 49.8 Å². The lowest BCUT2D eigenvalue weighted by Gasteiger charge is -2.31. The number of carbonyl (C=O) groups is 1. The van der Waals surface area contributed by atoms with Gasteiger partial charge in [-0.3, -0.25) is 9.69 Å². The fraction of sp³-hybridized carbons (Fsp3) is 0.611. The lowest BCUT2D eigenvalue weighted by atomic mass is 9.96. The van der Waals surface area contributed by atoms with Crippen LogP contribution >= 0.6 is 0 Å². The number of carboxylic acids is 1. The molecule has 0 aliphatic heterocycles. The van der Waals surface area contributed by atoms with Crippen molar-refractivity contribution < 1.29 is 9.90 Å². The molecule has 118 valence electrons. The van der Waals surface area contributed by atoms with Gasteiger partial charge in [-0.2, -0.15) is 0 Å². The first-order valence-corrected chi connectivity index (χ1v) is 7.99. The third-order valence-electron chi connectivity index (χ3n) is 3.91. The van der Waals surface area contributed by atoms with Crippen LogP contribution in [0.25, 0.3) is 0 Å². The molecule has 1 rings (SSSR count). The van der Waals surface area contributed by atoms with Gasteiger partial charge >= 0.3 is 5.97 Å². The van der Waals surface area contributed by atoms with E-state index in [1.165, 1.54) is 16.7 Å². The molecule has 1 N–H and O–H groups in total. The Morgan fingerprint density at radius 1 is 1.19 bits per heavy atom. The summed E-state index contributed by atoms with van der Waals surface area (Å²) in [6.07, 6.45) is 3.15. The zero-order valence-electron chi connectivity index (χ0n) is 13.9. The Labute approximate surface area is 129 Å². The third-order valence-corrected chi connectivity index (χ3v) is 3.91. The molecule has 0 radical (unpaired) electrons. The van der Waals surface area contributed by atoms with Crippen LogP contribution in [0.4, 0.5) is 0 Å². The van der Waals surface area contributed by atoms with Crippen molar-refractivity contribution in [1.82, 2.24) is 4.90 Å². The molecule has 0 saturated heterocycles. The second kappa shape index (κ2) is 8.83. The molecule has 0 fully saturated rings. The van der Waals surface area contributed by atoms with E-state index in [1.807, 2.05) is 0 Å². The van der Waals surface area contributed by atoms with Crippen LogP contribution < -0.4 is 0 Å². The number of nitrogens with zero attached hydrogens (tertiary/aromatic N) is 1. The van der Waals surface area contributed by atoms with Crippen LogP contribution in [0.3, 0.4) is 0 Å². The van der Waals surface area contributed by atoms with Gasteiger partial charge in [0.25, 0.3) is 0 Å². The molecule has 0 amide bonds. The average molecular weight is 291 g/mol. The predicted molar refractivity (Wildman–Crippen MR) is 87.8 cm³/mol. The maximum Gasteiger partial charge on any atom is 0.304 e.